The molecule has 0 aliphatic carbocycles. The number of carbonyl (C=O) groups excluding carboxylic acids is 1. The van der Waals surface area contributed by atoms with E-state index in [1.54, 1.807) is 13.2 Å². The summed E-state index contributed by atoms with van der Waals surface area (Å²) in [7, 11) is 1.60. The van der Waals surface area contributed by atoms with Gasteiger partial charge in [0.1, 0.15) is 29.5 Å². The quantitative estimate of drug-likeness (QED) is 0.270. The lowest BCUT2D eigenvalue weighted by Crippen LogP contribution is -2.55. The van der Waals surface area contributed by atoms with Crippen molar-refractivity contribution < 1.29 is 27.9 Å². The topological polar surface area (TPSA) is 108 Å². The average Bonchev–Trinajstić information content (AvgIpc) is 3.65. The molecule has 1 amide bonds. The van der Waals surface area contributed by atoms with Crippen LogP contribution < -0.4 is 25.3 Å². The highest BCUT2D eigenvalue weighted by molar-refractivity contribution is 6.02. The smallest absolute Gasteiger partial charge is 0.247 e. The van der Waals surface area contributed by atoms with Gasteiger partial charge in [-0.15, -0.1) is 0 Å². The number of ether oxygens (including phenoxy) is 2. The molecule has 0 saturated carbocycles. The van der Waals surface area contributed by atoms with Gasteiger partial charge >= 0.3 is 0 Å². The molecular weight excluding hydrogens is 658 g/mol. The number of nitrogens with zero attached hydrogens (tertiary/aromatic N) is 6. The predicted octanol–water partition coefficient (Wildman–Crippen LogP) is 5.28. The van der Waals surface area contributed by atoms with Crippen LogP contribution in [-0.4, -0.2) is 104 Å². The van der Waals surface area contributed by atoms with E-state index in [4.69, 9.17) is 14.3 Å². The van der Waals surface area contributed by atoms with Crippen molar-refractivity contribution in [2.24, 2.45) is 0 Å². The second-order valence-electron chi connectivity index (χ2n) is 13.4. The van der Waals surface area contributed by atoms with Crippen molar-refractivity contribution in [2.45, 2.75) is 50.2 Å². The maximum atomic E-state index is 14.7. The number of anilines is 5. The molecule has 4 fully saturated rings. The Kier molecular flexibility index (Phi) is 10.9. The number of benzene rings is 2. The van der Waals surface area contributed by atoms with Crippen molar-refractivity contribution in [1.29, 1.82) is 0 Å². The Morgan fingerprint density at radius 1 is 0.902 bits per heavy atom. The minimum atomic E-state index is -0.644. The number of amides is 1. The average molecular weight is 705 g/mol. The number of aromatic nitrogens is 2. The van der Waals surface area contributed by atoms with E-state index in [9.17, 15) is 13.6 Å². The molecule has 3 aromatic rings. The van der Waals surface area contributed by atoms with Crippen LogP contribution in [0.5, 0.6) is 5.75 Å². The molecular formula is C37H46F2N8O4. The highest BCUT2D eigenvalue weighted by Gasteiger charge is 2.33. The molecule has 2 aromatic carbocycles. The Hall–Kier alpha value is -4.37. The van der Waals surface area contributed by atoms with Gasteiger partial charge in [0.2, 0.25) is 5.91 Å². The second-order valence-corrected chi connectivity index (χ2v) is 13.4. The van der Waals surface area contributed by atoms with Crippen molar-refractivity contribution >= 4 is 34.6 Å². The van der Waals surface area contributed by atoms with Crippen molar-refractivity contribution in [2.75, 3.05) is 86.8 Å². The minimum absolute atomic E-state index is 0.319. The van der Waals surface area contributed by atoms with Gasteiger partial charge in [-0.2, -0.15) is 0 Å². The summed E-state index contributed by atoms with van der Waals surface area (Å²) in [6.07, 6.45) is 7.46. The zero-order valence-electron chi connectivity index (χ0n) is 29.0. The fraction of sp³-hybridized carbons (Fsp3) is 0.486. The molecule has 0 radical (unpaired) electrons. The van der Waals surface area contributed by atoms with Crippen LogP contribution >= 0.6 is 0 Å². The van der Waals surface area contributed by atoms with E-state index < -0.39 is 17.7 Å². The van der Waals surface area contributed by atoms with Gasteiger partial charge in [0, 0.05) is 94.7 Å². The highest BCUT2D eigenvalue weighted by Crippen LogP contribution is 2.41. The molecule has 4 aliphatic rings. The molecule has 4 aliphatic heterocycles. The molecule has 0 bridgehead atoms. The number of rotatable bonds is 10. The molecule has 7 rings (SSSR count). The molecule has 51 heavy (non-hydrogen) atoms. The fourth-order valence-corrected chi connectivity index (χ4v) is 7.79. The van der Waals surface area contributed by atoms with E-state index in [1.807, 2.05) is 12.1 Å². The van der Waals surface area contributed by atoms with Crippen molar-refractivity contribution in [3.63, 3.8) is 0 Å². The van der Waals surface area contributed by atoms with E-state index in [-0.39, 0.29) is 5.91 Å². The zero-order chi connectivity index (χ0) is 35.3. The molecule has 272 valence electrons. The van der Waals surface area contributed by atoms with E-state index in [0.29, 0.717) is 59.4 Å². The summed E-state index contributed by atoms with van der Waals surface area (Å²) in [6, 6.07) is 9.68. The first-order valence-electron chi connectivity index (χ1n) is 17.8. The number of carbonyl (C=O) groups is 1. The molecule has 0 spiro atoms. The second kappa shape index (κ2) is 15.9. The standard InChI is InChI=1S/C37H46F2N8O4/c1-3-37(48)43-30-21-31(42-35-23-36(41-24-40-35)47-32(10-19-51-47)28-5-4-25(38)20-29(28)39)34(49-2)22-33(30)46-11-6-26(7-12-46)44-13-15-45(16-14-44)27-8-17-50-18-9-27/h3-5,20-24,26-27,32H,1,6-19H2,2H3,(H,43,48)(H,40,41,42). The molecule has 2 N–H and O–H groups in total. The largest absolute Gasteiger partial charge is 0.494 e. The van der Waals surface area contributed by atoms with Crippen LogP contribution in [-0.2, 0) is 14.4 Å². The highest BCUT2D eigenvalue weighted by atomic mass is 19.1. The summed E-state index contributed by atoms with van der Waals surface area (Å²) in [5.41, 5.74) is 2.38. The van der Waals surface area contributed by atoms with Gasteiger partial charge in [0.15, 0.2) is 5.82 Å². The molecule has 1 atom stereocenters. The molecule has 4 saturated heterocycles. The lowest BCUT2D eigenvalue weighted by Gasteiger charge is -2.45. The van der Waals surface area contributed by atoms with Crippen molar-refractivity contribution in [3.05, 3.63) is 72.6 Å². The van der Waals surface area contributed by atoms with Gasteiger partial charge in [-0.1, -0.05) is 12.6 Å². The Labute approximate surface area is 297 Å². The van der Waals surface area contributed by atoms with Crippen LogP contribution in [0.2, 0.25) is 0 Å². The van der Waals surface area contributed by atoms with E-state index >= 15 is 0 Å². The third kappa shape index (κ3) is 7.93. The number of methoxy groups -OCH3 is 1. The first kappa shape index (κ1) is 35.1. The summed E-state index contributed by atoms with van der Waals surface area (Å²) >= 11 is 0. The first-order valence-corrected chi connectivity index (χ1v) is 17.8. The molecule has 1 unspecified atom stereocenters. The van der Waals surface area contributed by atoms with E-state index in [0.717, 1.165) is 89.9 Å². The van der Waals surface area contributed by atoms with Gasteiger partial charge in [-0.25, -0.2) is 23.8 Å². The summed E-state index contributed by atoms with van der Waals surface area (Å²) in [6.45, 7) is 11.8. The number of hydrogen-bond acceptors (Lipinski definition) is 11. The van der Waals surface area contributed by atoms with Crippen molar-refractivity contribution in [1.82, 2.24) is 19.8 Å². The fourth-order valence-electron chi connectivity index (χ4n) is 7.79. The van der Waals surface area contributed by atoms with E-state index in [1.165, 1.54) is 29.6 Å². The van der Waals surface area contributed by atoms with Crippen LogP contribution in [0.3, 0.4) is 0 Å². The Bertz CT molecular complexity index is 1690. The van der Waals surface area contributed by atoms with Gasteiger partial charge in [-0.3, -0.25) is 19.4 Å². The third-order valence-corrected chi connectivity index (χ3v) is 10.5. The number of piperidine rings is 1. The monoisotopic (exact) mass is 704 g/mol. The molecule has 14 heteroatoms. The number of hydroxylamine groups is 1. The SMILES string of the molecule is C=CC(=O)Nc1cc(Nc2cc(N3OCCC3c3ccc(F)cc3F)ncn2)c(OC)cc1N1CCC(N2CCN(C3CCOCC3)CC2)CC1. The van der Waals surface area contributed by atoms with Crippen LogP contribution in [0.15, 0.2) is 55.4 Å². The van der Waals surface area contributed by atoms with Gasteiger partial charge in [0.05, 0.1) is 36.8 Å². The summed E-state index contributed by atoms with van der Waals surface area (Å²) < 4.78 is 39.7. The third-order valence-electron chi connectivity index (χ3n) is 10.5. The molecule has 1 aromatic heterocycles. The van der Waals surface area contributed by atoms with Gasteiger partial charge in [0.25, 0.3) is 0 Å². The Balaban J connectivity index is 1.05. The Morgan fingerprint density at radius 3 is 2.31 bits per heavy atom. The van der Waals surface area contributed by atoms with Crippen LogP contribution in [0, 0.1) is 11.6 Å². The minimum Gasteiger partial charge on any atom is -0.494 e. The maximum Gasteiger partial charge on any atom is 0.247 e. The Morgan fingerprint density at radius 2 is 1.63 bits per heavy atom. The van der Waals surface area contributed by atoms with Crippen molar-refractivity contribution in [3.8, 4) is 5.75 Å². The lowest BCUT2D eigenvalue weighted by atomic mass is 10.00. The maximum absolute atomic E-state index is 14.7. The predicted molar refractivity (Wildman–Crippen MR) is 192 cm³/mol. The van der Waals surface area contributed by atoms with Crippen LogP contribution in [0.25, 0.3) is 0 Å². The number of halogens is 2. The van der Waals surface area contributed by atoms with Gasteiger partial charge in [-0.05, 0) is 43.9 Å². The summed E-state index contributed by atoms with van der Waals surface area (Å²) in [5.74, 6) is -0.203. The lowest BCUT2D eigenvalue weighted by molar-refractivity contribution is -0.111. The van der Waals surface area contributed by atoms with Gasteiger partial charge < -0.3 is 25.0 Å². The van der Waals surface area contributed by atoms with E-state index in [2.05, 4.69) is 41.9 Å². The number of hydrogen-bond donors (Lipinski definition) is 2. The molecule has 12 nitrogen and oxygen atoms in total. The van der Waals surface area contributed by atoms with Crippen LogP contribution in [0.4, 0.5) is 37.5 Å². The molecule has 5 heterocycles. The van der Waals surface area contributed by atoms with Crippen LogP contribution in [0.1, 0.15) is 43.7 Å². The number of nitrogens with one attached hydrogen (secondary N) is 2. The number of piperazine rings is 1. The first-order chi connectivity index (χ1) is 24.9. The zero-order valence-corrected chi connectivity index (χ0v) is 29.0. The summed E-state index contributed by atoms with van der Waals surface area (Å²) in [5, 5.41) is 7.82. The summed E-state index contributed by atoms with van der Waals surface area (Å²) in [4.78, 5) is 34.8. The normalized spacial score (nSPS) is 21.1.